The molecule has 0 unspecified atom stereocenters. The lowest BCUT2D eigenvalue weighted by molar-refractivity contribution is 0.643. The predicted molar refractivity (Wildman–Crippen MR) is 80.1 cm³/mol. The third-order valence-electron chi connectivity index (χ3n) is 2.34. The lowest BCUT2D eigenvalue weighted by Crippen LogP contribution is -2.09. The number of nitriles is 1. The van der Waals surface area contributed by atoms with Crippen LogP contribution in [0.25, 0.3) is 5.70 Å². The fourth-order valence-corrected chi connectivity index (χ4v) is 1.37. The average molecular weight is 254 g/mol. The molecular formula is C15H18N4. The van der Waals surface area contributed by atoms with Crippen LogP contribution >= 0.6 is 0 Å². The summed E-state index contributed by atoms with van der Waals surface area (Å²) in [7, 11) is 3.81. The van der Waals surface area contributed by atoms with Crippen LogP contribution in [0.4, 0.5) is 0 Å². The van der Waals surface area contributed by atoms with Crippen molar-refractivity contribution in [3.05, 3.63) is 42.0 Å². The number of aliphatic imine (C=N–C) groups is 2. The topological polar surface area (TPSA) is 51.8 Å². The van der Waals surface area contributed by atoms with Crippen LogP contribution in [0, 0.1) is 11.3 Å². The highest BCUT2D eigenvalue weighted by atomic mass is 15.1. The molecule has 0 aliphatic rings. The van der Waals surface area contributed by atoms with E-state index >= 15 is 0 Å². The first-order chi connectivity index (χ1) is 9.06. The first-order valence-electron chi connectivity index (χ1n) is 6.04. The Bertz CT molecular complexity index is 548. The summed E-state index contributed by atoms with van der Waals surface area (Å²) in [5.74, 6) is 0.709. The molecule has 1 aromatic carbocycles. The molecular weight excluding hydrogens is 236 g/mol. The molecule has 0 spiro atoms. The van der Waals surface area contributed by atoms with Gasteiger partial charge < -0.3 is 4.90 Å². The number of hydrogen-bond donors (Lipinski definition) is 0. The second-order valence-electron chi connectivity index (χ2n) is 4.23. The highest BCUT2D eigenvalue weighted by Gasteiger charge is 2.00. The van der Waals surface area contributed by atoms with Crippen LogP contribution in [0.3, 0.4) is 0 Å². The second-order valence-corrected chi connectivity index (χ2v) is 4.23. The molecule has 0 saturated heterocycles. The second kappa shape index (κ2) is 7.12. The molecule has 0 fully saturated rings. The van der Waals surface area contributed by atoms with Crippen molar-refractivity contribution >= 4 is 17.9 Å². The summed E-state index contributed by atoms with van der Waals surface area (Å²) in [6.07, 6.45) is 2.43. The van der Waals surface area contributed by atoms with Crippen LogP contribution in [-0.2, 0) is 0 Å². The van der Waals surface area contributed by atoms with Gasteiger partial charge in [0.05, 0.1) is 23.7 Å². The summed E-state index contributed by atoms with van der Waals surface area (Å²) in [6.45, 7) is 5.92. The first-order valence-corrected chi connectivity index (χ1v) is 6.04. The standard InChI is InChI=1S/C15H18N4/c1-5-15(17-11-19(3)4)18-12(2)14-8-6-7-13(9-14)10-16/h6-9,11H,2,5H2,1,3-4H3/b17-11+,18-15+. The number of rotatable bonds is 4. The van der Waals surface area contributed by atoms with E-state index in [1.165, 1.54) is 0 Å². The Balaban J connectivity index is 2.95. The van der Waals surface area contributed by atoms with Gasteiger partial charge in [0, 0.05) is 26.1 Å². The molecule has 98 valence electrons. The molecule has 0 bridgehead atoms. The predicted octanol–water partition coefficient (Wildman–Crippen LogP) is 2.93. The van der Waals surface area contributed by atoms with Crippen molar-refractivity contribution in [1.82, 2.24) is 4.90 Å². The highest BCUT2D eigenvalue weighted by Crippen LogP contribution is 2.16. The monoisotopic (exact) mass is 254 g/mol. The van der Waals surface area contributed by atoms with E-state index in [1.54, 1.807) is 18.5 Å². The van der Waals surface area contributed by atoms with Crippen LogP contribution in [0.5, 0.6) is 0 Å². The molecule has 4 heteroatoms. The van der Waals surface area contributed by atoms with Crippen LogP contribution in [0.2, 0.25) is 0 Å². The van der Waals surface area contributed by atoms with Gasteiger partial charge in [0.2, 0.25) is 0 Å². The lowest BCUT2D eigenvalue weighted by atomic mass is 10.1. The minimum absolute atomic E-state index is 0.601. The van der Waals surface area contributed by atoms with Crippen LogP contribution in [0.15, 0.2) is 40.8 Å². The Morgan fingerprint density at radius 2 is 2.21 bits per heavy atom. The van der Waals surface area contributed by atoms with Crippen molar-refractivity contribution < 1.29 is 0 Å². The van der Waals surface area contributed by atoms with E-state index < -0.39 is 0 Å². The van der Waals surface area contributed by atoms with E-state index in [1.807, 2.05) is 38.1 Å². The number of hydrogen-bond acceptors (Lipinski definition) is 2. The highest BCUT2D eigenvalue weighted by molar-refractivity contribution is 5.92. The molecule has 0 N–H and O–H groups in total. The van der Waals surface area contributed by atoms with Gasteiger partial charge >= 0.3 is 0 Å². The maximum Gasteiger partial charge on any atom is 0.130 e. The Hall–Kier alpha value is -2.41. The Morgan fingerprint density at radius 3 is 2.79 bits per heavy atom. The zero-order valence-electron chi connectivity index (χ0n) is 11.6. The Labute approximate surface area is 114 Å². The SMILES string of the molecule is C=C(/N=C(CC)/N=C/N(C)C)c1cccc(C#N)c1. The molecule has 1 aromatic rings. The Morgan fingerprint density at radius 1 is 1.47 bits per heavy atom. The summed E-state index contributed by atoms with van der Waals surface area (Å²) >= 11 is 0. The first kappa shape index (κ1) is 14.7. The van der Waals surface area contributed by atoms with Gasteiger partial charge in [-0.15, -0.1) is 0 Å². The van der Waals surface area contributed by atoms with Gasteiger partial charge in [0.15, 0.2) is 0 Å². The summed E-state index contributed by atoms with van der Waals surface area (Å²) < 4.78 is 0. The molecule has 0 amide bonds. The van der Waals surface area contributed by atoms with E-state index in [0.717, 1.165) is 12.0 Å². The maximum atomic E-state index is 8.87. The number of amidine groups is 1. The molecule has 0 aliphatic heterocycles. The van der Waals surface area contributed by atoms with Crippen molar-refractivity contribution in [2.24, 2.45) is 9.98 Å². The van der Waals surface area contributed by atoms with Gasteiger partial charge in [0.1, 0.15) is 5.84 Å². The normalized spacial score (nSPS) is 11.4. The van der Waals surface area contributed by atoms with Crippen molar-refractivity contribution in [2.75, 3.05) is 14.1 Å². The van der Waals surface area contributed by atoms with Crippen molar-refractivity contribution in [3.8, 4) is 6.07 Å². The van der Waals surface area contributed by atoms with Gasteiger partial charge in [-0.05, 0) is 12.1 Å². The van der Waals surface area contributed by atoms with E-state index in [9.17, 15) is 0 Å². The van der Waals surface area contributed by atoms with E-state index in [4.69, 9.17) is 5.26 Å². The van der Waals surface area contributed by atoms with Gasteiger partial charge in [0.25, 0.3) is 0 Å². The van der Waals surface area contributed by atoms with Crippen LogP contribution < -0.4 is 0 Å². The molecule has 0 atom stereocenters. The maximum absolute atomic E-state index is 8.87. The Kier molecular flexibility index (Phi) is 5.49. The van der Waals surface area contributed by atoms with E-state index in [2.05, 4.69) is 22.6 Å². The molecule has 0 aromatic heterocycles. The van der Waals surface area contributed by atoms with Gasteiger partial charge in [-0.25, -0.2) is 9.98 Å². The molecule has 4 nitrogen and oxygen atoms in total. The summed E-state index contributed by atoms with van der Waals surface area (Å²) in [5, 5.41) is 8.87. The summed E-state index contributed by atoms with van der Waals surface area (Å²) in [5.41, 5.74) is 2.05. The average Bonchev–Trinajstić information content (AvgIpc) is 2.43. The van der Waals surface area contributed by atoms with Crippen molar-refractivity contribution in [2.45, 2.75) is 13.3 Å². The summed E-state index contributed by atoms with van der Waals surface area (Å²) in [4.78, 5) is 10.5. The zero-order chi connectivity index (χ0) is 14.3. The van der Waals surface area contributed by atoms with Gasteiger partial charge in [-0.2, -0.15) is 5.26 Å². The zero-order valence-corrected chi connectivity index (χ0v) is 11.6. The lowest BCUT2D eigenvalue weighted by Gasteiger charge is -2.05. The third kappa shape index (κ3) is 4.76. The van der Waals surface area contributed by atoms with Crippen LogP contribution in [-0.4, -0.2) is 31.2 Å². The molecule has 19 heavy (non-hydrogen) atoms. The smallest absolute Gasteiger partial charge is 0.130 e. The molecule has 0 radical (unpaired) electrons. The molecule has 0 saturated carbocycles. The van der Waals surface area contributed by atoms with E-state index in [0.29, 0.717) is 17.1 Å². The quantitative estimate of drug-likeness (QED) is 0.612. The largest absolute Gasteiger partial charge is 0.369 e. The minimum Gasteiger partial charge on any atom is -0.369 e. The van der Waals surface area contributed by atoms with Gasteiger partial charge in [-0.3, -0.25) is 0 Å². The number of nitrogens with zero attached hydrogens (tertiary/aromatic N) is 4. The van der Waals surface area contributed by atoms with Crippen molar-refractivity contribution in [3.63, 3.8) is 0 Å². The van der Waals surface area contributed by atoms with Gasteiger partial charge in [-0.1, -0.05) is 25.6 Å². The number of benzene rings is 1. The molecule has 1 rings (SSSR count). The molecule has 0 aliphatic carbocycles. The van der Waals surface area contributed by atoms with E-state index in [-0.39, 0.29) is 0 Å². The third-order valence-corrected chi connectivity index (χ3v) is 2.34. The fraction of sp³-hybridized carbons (Fsp3) is 0.267. The molecule has 0 heterocycles. The van der Waals surface area contributed by atoms with Crippen molar-refractivity contribution in [1.29, 1.82) is 5.26 Å². The minimum atomic E-state index is 0.601. The van der Waals surface area contributed by atoms with Crippen LogP contribution in [0.1, 0.15) is 24.5 Å². The summed E-state index contributed by atoms with van der Waals surface area (Å²) in [6, 6.07) is 9.34. The fourth-order valence-electron chi connectivity index (χ4n) is 1.37.